The molecule has 0 heterocycles. The highest BCUT2D eigenvalue weighted by atomic mass is 127. The van der Waals surface area contributed by atoms with Crippen LogP contribution in [0.1, 0.15) is 9.49 Å². The molecule has 23 heavy (non-hydrogen) atoms. The second-order valence-corrected chi connectivity index (χ2v) is 5.72. The Hall–Kier alpha value is -0.750. The van der Waals surface area contributed by atoms with Crippen molar-refractivity contribution >= 4 is 22.6 Å². The van der Waals surface area contributed by atoms with Gasteiger partial charge in [-0.25, -0.2) is 17.6 Å². The first-order chi connectivity index (χ1) is 10.3. The lowest BCUT2D eigenvalue weighted by Crippen LogP contribution is -2.61. The van der Waals surface area contributed by atoms with Crippen molar-refractivity contribution in [3.63, 3.8) is 0 Å². The maximum Gasteiger partial charge on any atom is 0.376 e. The van der Waals surface area contributed by atoms with Gasteiger partial charge in [0.15, 0.2) is 0 Å². The van der Waals surface area contributed by atoms with Gasteiger partial charge in [-0.3, -0.25) is 0 Å². The van der Waals surface area contributed by atoms with Crippen molar-refractivity contribution in [1.29, 1.82) is 0 Å². The number of rotatable bonds is 6. The topological polar surface area (TPSA) is 0 Å². The molecule has 0 bridgehead atoms. The number of hydrogen-bond donors (Lipinski definition) is 0. The van der Waals surface area contributed by atoms with E-state index in [-0.39, 0.29) is 0 Å². The Morgan fingerprint density at radius 1 is 0.783 bits per heavy atom. The van der Waals surface area contributed by atoms with Crippen LogP contribution in [0.5, 0.6) is 0 Å². The molecule has 0 aliphatic rings. The molecule has 1 rings (SSSR count). The minimum atomic E-state index is -6.41. The van der Waals surface area contributed by atoms with Crippen molar-refractivity contribution in [3.05, 3.63) is 35.6 Å². The third-order valence-electron chi connectivity index (χ3n) is 2.89. The molecule has 1 aromatic carbocycles. The Morgan fingerprint density at radius 2 is 1.22 bits per heavy atom. The van der Waals surface area contributed by atoms with Crippen molar-refractivity contribution in [2.45, 2.75) is 34.3 Å². The van der Waals surface area contributed by atoms with Crippen LogP contribution in [0.2, 0.25) is 0 Å². The van der Waals surface area contributed by atoms with Crippen molar-refractivity contribution in [1.82, 2.24) is 0 Å². The second kappa shape index (κ2) is 6.63. The molecule has 0 aromatic heterocycles. The van der Waals surface area contributed by atoms with Gasteiger partial charge in [0.05, 0.1) is 0 Å². The quantitative estimate of drug-likeness (QED) is 0.281. The van der Waals surface area contributed by atoms with Gasteiger partial charge < -0.3 is 0 Å². The van der Waals surface area contributed by atoms with Crippen LogP contribution >= 0.6 is 22.6 Å². The molecule has 0 fully saturated rings. The molecule has 0 aliphatic carbocycles. The Bertz CT molecular complexity index is 527. The highest BCUT2D eigenvalue weighted by Gasteiger charge is 2.77. The molecule has 0 nitrogen and oxygen atoms in total. The van der Waals surface area contributed by atoms with Gasteiger partial charge in [0.25, 0.3) is 6.43 Å². The van der Waals surface area contributed by atoms with Crippen molar-refractivity contribution in [2.24, 2.45) is 0 Å². The molecule has 0 spiro atoms. The molecule has 2 atom stereocenters. The van der Waals surface area contributed by atoms with Crippen LogP contribution in [-0.2, 0) is 0 Å². The summed E-state index contributed by atoms with van der Waals surface area (Å²) in [5.41, 5.74) is -0.667. The summed E-state index contributed by atoms with van der Waals surface area (Å²) in [6.45, 7) is 0. The van der Waals surface area contributed by atoms with Gasteiger partial charge in [0, 0.05) is 0 Å². The molecule has 1 aromatic rings. The first kappa shape index (κ1) is 20.3. The molecule has 0 radical (unpaired) electrons. The van der Waals surface area contributed by atoms with Gasteiger partial charge in [-0.1, -0.05) is 34.7 Å². The summed E-state index contributed by atoms with van der Waals surface area (Å²) < 4.78 is 127. The average molecular weight is 468 g/mol. The third-order valence-corrected chi connectivity index (χ3v) is 4.39. The highest BCUT2D eigenvalue weighted by Crippen LogP contribution is 2.56. The van der Waals surface area contributed by atoms with Gasteiger partial charge in [0.1, 0.15) is 9.74 Å². The Kier molecular flexibility index (Phi) is 5.85. The van der Waals surface area contributed by atoms with Crippen LogP contribution in [0.25, 0.3) is 0 Å². The number of halogens is 11. The number of benzene rings is 1. The predicted molar refractivity (Wildman–Crippen MR) is 68.9 cm³/mol. The molecule has 2 unspecified atom stereocenters. The zero-order chi connectivity index (χ0) is 18.2. The maximum atomic E-state index is 13.8. The van der Waals surface area contributed by atoms with Crippen molar-refractivity contribution in [3.8, 4) is 0 Å². The molecular weight excluding hydrogens is 461 g/mol. The fraction of sp³-hybridized carbons (Fsp3) is 0.500. The normalized spacial score (nSPS) is 16.5. The van der Waals surface area contributed by atoms with E-state index in [4.69, 9.17) is 0 Å². The lowest BCUT2D eigenvalue weighted by molar-refractivity contribution is -0.332. The lowest BCUT2D eigenvalue weighted by atomic mass is 9.95. The fourth-order valence-electron chi connectivity index (χ4n) is 1.55. The van der Waals surface area contributed by atoms with Crippen LogP contribution in [-0.4, -0.2) is 30.4 Å². The smallest absolute Gasteiger partial charge is 0.234 e. The predicted octanol–water partition coefficient (Wildman–Crippen LogP) is 5.81. The second-order valence-electron chi connectivity index (χ2n) is 4.47. The van der Waals surface area contributed by atoms with E-state index < -0.39 is 45.7 Å². The minimum absolute atomic E-state index is 0.616. The van der Waals surface area contributed by atoms with Crippen molar-refractivity contribution in [2.75, 3.05) is 0 Å². The van der Waals surface area contributed by atoms with Gasteiger partial charge in [0.2, 0.25) is 6.17 Å². The average Bonchev–Trinajstić information content (AvgIpc) is 2.45. The van der Waals surface area contributed by atoms with E-state index in [1.807, 2.05) is 0 Å². The lowest BCUT2D eigenvalue weighted by Gasteiger charge is -2.36. The Morgan fingerprint density at radius 3 is 1.61 bits per heavy atom. The zero-order valence-corrected chi connectivity index (χ0v) is 12.9. The molecule has 11 heteroatoms. The van der Waals surface area contributed by atoms with Gasteiger partial charge >= 0.3 is 17.8 Å². The fourth-order valence-corrected chi connectivity index (χ4v) is 2.36. The van der Waals surface area contributed by atoms with E-state index in [0.717, 1.165) is 0 Å². The van der Waals surface area contributed by atoms with Crippen LogP contribution in [0.4, 0.5) is 43.9 Å². The van der Waals surface area contributed by atoms with E-state index in [1.165, 1.54) is 0 Å². The first-order valence-corrected chi connectivity index (χ1v) is 6.96. The van der Waals surface area contributed by atoms with Crippen LogP contribution in [0.15, 0.2) is 24.3 Å². The molecule has 132 valence electrons. The summed E-state index contributed by atoms with van der Waals surface area (Å²) in [5, 5.41) is 0. The standard InChI is InChI=1S/C12H7F10I/c13-6-3-1-5(2-4-6)8(23)11(19,20)12(21,22)10(17,18)7(14)9(15)16/h1-4,7-9H. The van der Waals surface area contributed by atoms with Gasteiger partial charge in [-0.05, 0) is 17.7 Å². The van der Waals surface area contributed by atoms with Gasteiger partial charge in [-0.15, -0.1) is 0 Å². The highest BCUT2D eigenvalue weighted by molar-refractivity contribution is 14.1. The maximum absolute atomic E-state index is 13.8. The monoisotopic (exact) mass is 468 g/mol. The molecular formula is C12H7F10I. The van der Waals surface area contributed by atoms with Crippen LogP contribution in [0.3, 0.4) is 0 Å². The minimum Gasteiger partial charge on any atom is -0.234 e. The van der Waals surface area contributed by atoms with Crippen molar-refractivity contribution < 1.29 is 43.9 Å². The third kappa shape index (κ3) is 3.53. The molecule has 0 saturated carbocycles. The summed E-state index contributed by atoms with van der Waals surface area (Å²) in [5.74, 6) is -19.2. The van der Waals surface area contributed by atoms with Gasteiger partial charge in [-0.2, -0.15) is 26.3 Å². The SMILES string of the molecule is Fc1ccc(C(I)C(F)(F)C(F)(F)C(F)(F)C(F)C(F)F)cc1. The zero-order valence-electron chi connectivity index (χ0n) is 10.7. The van der Waals surface area contributed by atoms with E-state index in [2.05, 4.69) is 0 Å². The molecule has 0 aliphatic heterocycles. The summed E-state index contributed by atoms with van der Waals surface area (Å²) in [4.78, 5) is 0. The number of hydrogen-bond acceptors (Lipinski definition) is 0. The number of alkyl halides is 10. The summed E-state index contributed by atoms with van der Waals surface area (Å²) in [7, 11) is 0. The Balaban J connectivity index is 3.25. The van der Waals surface area contributed by atoms with E-state index in [0.29, 0.717) is 46.9 Å². The van der Waals surface area contributed by atoms with E-state index in [1.54, 1.807) is 0 Å². The first-order valence-electron chi connectivity index (χ1n) is 5.72. The van der Waals surface area contributed by atoms with Crippen LogP contribution < -0.4 is 0 Å². The van der Waals surface area contributed by atoms with Crippen LogP contribution in [0, 0.1) is 5.82 Å². The summed E-state index contributed by atoms with van der Waals surface area (Å²) >= 11 is 0.672. The van der Waals surface area contributed by atoms with E-state index in [9.17, 15) is 43.9 Å². The largest absolute Gasteiger partial charge is 0.376 e. The summed E-state index contributed by atoms with van der Waals surface area (Å²) in [6.07, 6.45) is -9.36. The summed E-state index contributed by atoms with van der Waals surface area (Å²) in [6, 6.07) is 2.50. The van der Waals surface area contributed by atoms with E-state index >= 15 is 0 Å². The Labute approximate surface area is 137 Å². The molecule has 0 amide bonds. The molecule has 0 saturated heterocycles. The molecule has 0 N–H and O–H groups in total.